The number of aryl methyl sites for hydroxylation is 1. The summed E-state index contributed by atoms with van der Waals surface area (Å²) in [6.45, 7) is 5.72. The van der Waals surface area contributed by atoms with E-state index in [1.165, 1.54) is 0 Å². The SMILES string of the molecule is CCC(C)(CCO)Nc1nccc(C)c1C(=O)O. The maximum absolute atomic E-state index is 11.2. The summed E-state index contributed by atoms with van der Waals surface area (Å²) in [5, 5.41) is 21.4. The molecule has 1 unspecified atom stereocenters. The highest BCUT2D eigenvalue weighted by Crippen LogP contribution is 2.24. The van der Waals surface area contributed by atoms with Gasteiger partial charge in [0.05, 0.1) is 0 Å². The van der Waals surface area contributed by atoms with E-state index in [0.717, 1.165) is 6.42 Å². The highest BCUT2D eigenvalue weighted by Gasteiger charge is 2.24. The summed E-state index contributed by atoms with van der Waals surface area (Å²) in [4.78, 5) is 15.3. The molecule has 1 atom stereocenters. The van der Waals surface area contributed by atoms with Crippen LogP contribution in [0, 0.1) is 6.92 Å². The second-order valence-electron chi connectivity index (χ2n) is 4.67. The number of rotatable bonds is 6. The van der Waals surface area contributed by atoms with E-state index in [-0.39, 0.29) is 17.7 Å². The molecule has 1 heterocycles. The van der Waals surface area contributed by atoms with Crippen LogP contribution in [-0.4, -0.2) is 33.3 Å². The minimum atomic E-state index is -0.995. The molecule has 0 bridgehead atoms. The number of carboxylic acid groups (broad SMARTS) is 1. The van der Waals surface area contributed by atoms with Crippen LogP contribution in [0.3, 0.4) is 0 Å². The molecule has 5 heteroatoms. The lowest BCUT2D eigenvalue weighted by molar-refractivity contribution is 0.0696. The van der Waals surface area contributed by atoms with Crippen molar-refractivity contribution < 1.29 is 15.0 Å². The van der Waals surface area contributed by atoms with Crippen LogP contribution >= 0.6 is 0 Å². The second kappa shape index (κ2) is 5.82. The van der Waals surface area contributed by atoms with Gasteiger partial charge in [0.15, 0.2) is 0 Å². The number of hydrogen-bond donors (Lipinski definition) is 3. The van der Waals surface area contributed by atoms with Gasteiger partial charge < -0.3 is 15.5 Å². The van der Waals surface area contributed by atoms with Crippen LogP contribution in [0.1, 0.15) is 42.6 Å². The Morgan fingerprint density at radius 2 is 2.22 bits per heavy atom. The first-order valence-corrected chi connectivity index (χ1v) is 6.01. The number of carboxylic acids is 1. The van der Waals surface area contributed by atoms with Gasteiger partial charge >= 0.3 is 5.97 Å². The highest BCUT2D eigenvalue weighted by atomic mass is 16.4. The Morgan fingerprint density at radius 3 is 2.72 bits per heavy atom. The minimum Gasteiger partial charge on any atom is -0.478 e. The second-order valence-corrected chi connectivity index (χ2v) is 4.67. The Labute approximate surface area is 107 Å². The lowest BCUT2D eigenvalue weighted by Gasteiger charge is -2.30. The van der Waals surface area contributed by atoms with E-state index in [9.17, 15) is 9.90 Å². The third-order valence-electron chi connectivity index (χ3n) is 3.24. The van der Waals surface area contributed by atoms with Crippen LogP contribution in [0.2, 0.25) is 0 Å². The quantitative estimate of drug-likeness (QED) is 0.721. The van der Waals surface area contributed by atoms with Crippen molar-refractivity contribution in [1.29, 1.82) is 0 Å². The largest absolute Gasteiger partial charge is 0.478 e. The predicted molar refractivity (Wildman–Crippen MR) is 70.0 cm³/mol. The van der Waals surface area contributed by atoms with Gasteiger partial charge in [0.1, 0.15) is 11.4 Å². The summed E-state index contributed by atoms with van der Waals surface area (Å²) in [7, 11) is 0. The number of carbonyl (C=O) groups is 1. The van der Waals surface area contributed by atoms with Crippen LogP contribution in [0.5, 0.6) is 0 Å². The van der Waals surface area contributed by atoms with E-state index in [1.54, 1.807) is 19.2 Å². The zero-order chi connectivity index (χ0) is 13.8. The molecule has 5 nitrogen and oxygen atoms in total. The van der Waals surface area contributed by atoms with Gasteiger partial charge in [-0.25, -0.2) is 9.78 Å². The Bertz CT molecular complexity index is 434. The van der Waals surface area contributed by atoms with Crippen molar-refractivity contribution in [2.75, 3.05) is 11.9 Å². The molecule has 0 aliphatic heterocycles. The number of anilines is 1. The molecular weight excluding hydrogens is 232 g/mol. The van der Waals surface area contributed by atoms with E-state index in [2.05, 4.69) is 10.3 Å². The molecule has 1 rings (SSSR count). The molecule has 0 saturated heterocycles. The lowest BCUT2D eigenvalue weighted by atomic mass is 9.94. The van der Waals surface area contributed by atoms with Gasteiger partial charge in [-0.3, -0.25) is 0 Å². The Kier molecular flexibility index (Phi) is 4.67. The molecule has 100 valence electrons. The first kappa shape index (κ1) is 14.4. The fourth-order valence-electron chi connectivity index (χ4n) is 1.78. The third-order valence-corrected chi connectivity index (χ3v) is 3.24. The molecule has 1 aromatic heterocycles. The van der Waals surface area contributed by atoms with Gasteiger partial charge in [-0.05, 0) is 38.3 Å². The molecule has 0 radical (unpaired) electrons. The minimum absolute atomic E-state index is 0.0472. The molecule has 1 aromatic rings. The van der Waals surface area contributed by atoms with Crippen molar-refractivity contribution in [2.45, 2.75) is 39.2 Å². The number of aliphatic hydroxyl groups is 1. The first-order valence-electron chi connectivity index (χ1n) is 6.01. The van der Waals surface area contributed by atoms with E-state index >= 15 is 0 Å². The van der Waals surface area contributed by atoms with Crippen LogP contribution in [0.15, 0.2) is 12.3 Å². The molecule has 0 aromatic carbocycles. The third kappa shape index (κ3) is 3.20. The van der Waals surface area contributed by atoms with Gasteiger partial charge in [0.2, 0.25) is 0 Å². The number of aromatic nitrogens is 1. The van der Waals surface area contributed by atoms with Crippen LogP contribution in [0.4, 0.5) is 5.82 Å². The highest BCUT2D eigenvalue weighted by molar-refractivity contribution is 5.94. The van der Waals surface area contributed by atoms with Crippen molar-refractivity contribution in [1.82, 2.24) is 4.98 Å². The summed E-state index contributed by atoms with van der Waals surface area (Å²) < 4.78 is 0. The molecule has 0 fully saturated rings. The summed E-state index contributed by atoms with van der Waals surface area (Å²) in [6, 6.07) is 1.67. The average molecular weight is 252 g/mol. The van der Waals surface area contributed by atoms with Crippen molar-refractivity contribution in [3.8, 4) is 0 Å². The molecule has 18 heavy (non-hydrogen) atoms. The summed E-state index contributed by atoms with van der Waals surface area (Å²) in [6.07, 6.45) is 2.89. The number of aromatic carboxylic acids is 1. The van der Waals surface area contributed by atoms with E-state index in [4.69, 9.17) is 5.11 Å². The topological polar surface area (TPSA) is 82.5 Å². The maximum Gasteiger partial charge on any atom is 0.339 e. The van der Waals surface area contributed by atoms with Gasteiger partial charge in [-0.15, -0.1) is 0 Å². The summed E-state index contributed by atoms with van der Waals surface area (Å²) in [5.74, 6) is -0.633. The van der Waals surface area contributed by atoms with Crippen LogP contribution in [0.25, 0.3) is 0 Å². The zero-order valence-electron chi connectivity index (χ0n) is 11.0. The lowest BCUT2D eigenvalue weighted by Crippen LogP contribution is -2.36. The molecule has 0 spiro atoms. The summed E-state index contributed by atoms with van der Waals surface area (Å²) in [5.41, 5.74) is 0.497. The fourth-order valence-corrected chi connectivity index (χ4v) is 1.78. The smallest absolute Gasteiger partial charge is 0.339 e. The van der Waals surface area contributed by atoms with Gasteiger partial charge in [-0.2, -0.15) is 0 Å². The zero-order valence-corrected chi connectivity index (χ0v) is 11.0. The Morgan fingerprint density at radius 1 is 1.56 bits per heavy atom. The van der Waals surface area contributed by atoms with Crippen molar-refractivity contribution in [2.24, 2.45) is 0 Å². The van der Waals surface area contributed by atoms with E-state index < -0.39 is 5.97 Å². The maximum atomic E-state index is 11.2. The number of nitrogens with zero attached hydrogens (tertiary/aromatic N) is 1. The standard InChI is InChI=1S/C13H20N2O3/c1-4-13(3,6-8-16)15-11-10(12(17)18)9(2)5-7-14-11/h5,7,16H,4,6,8H2,1-3H3,(H,14,15)(H,17,18). The molecule has 3 N–H and O–H groups in total. The van der Waals surface area contributed by atoms with Crippen LogP contribution < -0.4 is 5.32 Å². The van der Waals surface area contributed by atoms with Crippen molar-refractivity contribution >= 4 is 11.8 Å². The molecule has 0 aliphatic carbocycles. The molecular formula is C13H20N2O3. The van der Waals surface area contributed by atoms with Crippen LogP contribution in [-0.2, 0) is 0 Å². The van der Waals surface area contributed by atoms with E-state index in [1.807, 2.05) is 13.8 Å². The predicted octanol–water partition coefficient (Wildman–Crippen LogP) is 2.05. The first-order chi connectivity index (χ1) is 8.43. The molecule has 0 amide bonds. The monoisotopic (exact) mass is 252 g/mol. The molecule has 0 aliphatic rings. The van der Waals surface area contributed by atoms with Crippen molar-refractivity contribution in [3.63, 3.8) is 0 Å². The molecule has 0 saturated carbocycles. The van der Waals surface area contributed by atoms with Crippen molar-refractivity contribution in [3.05, 3.63) is 23.4 Å². The Hall–Kier alpha value is -1.62. The van der Waals surface area contributed by atoms with Gasteiger partial charge in [0, 0.05) is 18.3 Å². The van der Waals surface area contributed by atoms with E-state index in [0.29, 0.717) is 17.8 Å². The normalized spacial score (nSPS) is 14.0. The van der Waals surface area contributed by atoms with Gasteiger partial charge in [0.25, 0.3) is 0 Å². The number of aliphatic hydroxyl groups excluding tert-OH is 1. The van der Waals surface area contributed by atoms with Gasteiger partial charge in [-0.1, -0.05) is 6.92 Å². The number of pyridine rings is 1. The summed E-state index contributed by atoms with van der Waals surface area (Å²) >= 11 is 0. The average Bonchev–Trinajstić information content (AvgIpc) is 2.28. The fraction of sp³-hybridized carbons (Fsp3) is 0.538. The number of hydrogen-bond acceptors (Lipinski definition) is 4. The Balaban J connectivity index is 3.10. The number of nitrogens with one attached hydrogen (secondary N) is 1.